The maximum atomic E-state index is 12.0. The summed E-state index contributed by atoms with van der Waals surface area (Å²) in [6, 6.07) is 0. The van der Waals surface area contributed by atoms with Crippen LogP contribution in [-0.4, -0.2) is 59.1 Å². The van der Waals surface area contributed by atoms with Crippen LogP contribution in [0.4, 0.5) is 0 Å². The van der Waals surface area contributed by atoms with Crippen molar-refractivity contribution in [2.75, 3.05) is 32.7 Å². The van der Waals surface area contributed by atoms with Crippen LogP contribution in [0.1, 0.15) is 13.8 Å². The highest BCUT2D eigenvalue weighted by Crippen LogP contribution is 2.28. The first-order chi connectivity index (χ1) is 8.42. The smallest absolute Gasteiger partial charge is 0.237 e. The van der Waals surface area contributed by atoms with E-state index < -0.39 is 5.60 Å². The molecule has 102 valence electrons. The normalized spacial score (nSPS) is 18.2. The summed E-state index contributed by atoms with van der Waals surface area (Å²) >= 11 is 0. The van der Waals surface area contributed by atoms with Gasteiger partial charge in [0, 0.05) is 26.2 Å². The minimum absolute atomic E-state index is 0.0561. The third-order valence-electron chi connectivity index (χ3n) is 3.48. The maximum Gasteiger partial charge on any atom is 0.237 e. The Bertz CT molecular complexity index is 310. The fourth-order valence-corrected chi connectivity index (χ4v) is 2.09. The van der Waals surface area contributed by atoms with Crippen LogP contribution in [0.25, 0.3) is 0 Å². The van der Waals surface area contributed by atoms with Crippen LogP contribution in [0.15, 0.2) is 25.3 Å². The van der Waals surface area contributed by atoms with E-state index in [0.717, 1.165) is 0 Å². The fourth-order valence-electron chi connectivity index (χ4n) is 2.09. The van der Waals surface area contributed by atoms with Gasteiger partial charge in [0.05, 0.1) is 12.1 Å². The van der Waals surface area contributed by atoms with E-state index in [-0.39, 0.29) is 11.8 Å². The number of amides is 1. The van der Waals surface area contributed by atoms with Crippen molar-refractivity contribution in [3.8, 4) is 0 Å². The van der Waals surface area contributed by atoms with Gasteiger partial charge in [0.2, 0.25) is 5.91 Å². The van der Waals surface area contributed by atoms with Crippen LogP contribution in [0.2, 0.25) is 0 Å². The molecular weight excluding hydrogens is 228 g/mol. The molecule has 4 heteroatoms. The number of carbonyl (C=O) groups excluding carboxylic acids is 1. The lowest BCUT2D eigenvalue weighted by Crippen LogP contribution is -2.65. The zero-order chi connectivity index (χ0) is 13.8. The first-order valence-corrected chi connectivity index (χ1v) is 6.37. The summed E-state index contributed by atoms with van der Waals surface area (Å²) in [6.45, 7) is 13.9. The van der Waals surface area contributed by atoms with E-state index >= 15 is 0 Å². The number of aliphatic hydroxyl groups is 1. The highest BCUT2D eigenvalue weighted by Gasteiger charge is 2.44. The van der Waals surface area contributed by atoms with E-state index in [1.54, 1.807) is 17.1 Å². The Morgan fingerprint density at radius 3 is 2.28 bits per heavy atom. The lowest BCUT2D eigenvalue weighted by atomic mass is 9.83. The van der Waals surface area contributed by atoms with E-state index in [1.165, 1.54) is 0 Å². The summed E-state index contributed by atoms with van der Waals surface area (Å²) in [7, 11) is 0. The van der Waals surface area contributed by atoms with Crippen molar-refractivity contribution >= 4 is 5.91 Å². The minimum atomic E-state index is -0.623. The molecule has 1 N–H and O–H groups in total. The van der Waals surface area contributed by atoms with Crippen molar-refractivity contribution in [1.82, 2.24) is 9.80 Å². The summed E-state index contributed by atoms with van der Waals surface area (Å²) in [4.78, 5) is 15.7. The third-order valence-corrected chi connectivity index (χ3v) is 3.48. The second-order valence-corrected chi connectivity index (χ2v) is 5.28. The van der Waals surface area contributed by atoms with E-state index in [0.29, 0.717) is 32.7 Å². The van der Waals surface area contributed by atoms with Crippen molar-refractivity contribution < 1.29 is 9.90 Å². The average Bonchev–Trinajstić information content (AvgIpc) is 2.26. The van der Waals surface area contributed by atoms with Gasteiger partial charge >= 0.3 is 0 Å². The van der Waals surface area contributed by atoms with E-state index in [9.17, 15) is 9.90 Å². The molecule has 0 aromatic carbocycles. The molecule has 0 spiro atoms. The van der Waals surface area contributed by atoms with Crippen molar-refractivity contribution in [3.05, 3.63) is 25.3 Å². The quantitative estimate of drug-likeness (QED) is 0.684. The molecule has 0 bridgehead atoms. The largest absolute Gasteiger partial charge is 0.387 e. The molecule has 1 aliphatic rings. The van der Waals surface area contributed by atoms with E-state index in [1.807, 2.05) is 18.7 Å². The zero-order valence-electron chi connectivity index (χ0n) is 11.4. The number of carbonyl (C=O) groups is 1. The predicted octanol–water partition coefficient (Wildman–Crippen LogP) is 0.890. The highest BCUT2D eigenvalue weighted by atomic mass is 16.3. The first kappa shape index (κ1) is 14.9. The molecule has 0 aromatic heterocycles. The number of hydrogen-bond donors (Lipinski definition) is 1. The third kappa shape index (κ3) is 3.43. The maximum absolute atomic E-state index is 12.0. The Kier molecular flexibility index (Phi) is 5.11. The van der Waals surface area contributed by atoms with E-state index in [4.69, 9.17) is 0 Å². The molecule has 1 saturated heterocycles. The van der Waals surface area contributed by atoms with Crippen LogP contribution in [0, 0.1) is 5.92 Å². The predicted molar refractivity (Wildman–Crippen MR) is 73.2 cm³/mol. The Labute approximate surface area is 110 Å². The van der Waals surface area contributed by atoms with Gasteiger partial charge in [-0.05, 0) is 5.92 Å². The second-order valence-electron chi connectivity index (χ2n) is 5.28. The van der Waals surface area contributed by atoms with Crippen LogP contribution in [-0.2, 0) is 4.79 Å². The Morgan fingerprint density at radius 2 is 1.89 bits per heavy atom. The van der Waals surface area contributed by atoms with Crippen molar-refractivity contribution in [2.45, 2.75) is 19.4 Å². The molecule has 1 fully saturated rings. The standard InChI is InChI=1S/C14H24N2O2/c1-5-7-16(8-6-2)13(17)9-15-10-14(18,11-15)12(3)4/h5-6,12,18H,1-2,7-11H2,3-4H3. The molecule has 1 rings (SSSR count). The van der Waals surface area contributed by atoms with Crippen molar-refractivity contribution in [3.63, 3.8) is 0 Å². The van der Waals surface area contributed by atoms with Gasteiger partial charge < -0.3 is 10.0 Å². The first-order valence-electron chi connectivity index (χ1n) is 6.37. The van der Waals surface area contributed by atoms with Crippen LogP contribution < -0.4 is 0 Å². The van der Waals surface area contributed by atoms with Crippen molar-refractivity contribution in [2.24, 2.45) is 5.92 Å². The summed E-state index contributed by atoms with van der Waals surface area (Å²) in [6.07, 6.45) is 3.42. The monoisotopic (exact) mass is 252 g/mol. The molecule has 1 aliphatic heterocycles. The molecule has 0 aromatic rings. The second kappa shape index (κ2) is 6.16. The summed E-state index contributed by atoms with van der Waals surface area (Å²) in [5.74, 6) is 0.280. The molecule has 0 aliphatic carbocycles. The van der Waals surface area contributed by atoms with Gasteiger partial charge in [-0.1, -0.05) is 26.0 Å². The van der Waals surface area contributed by atoms with Gasteiger partial charge in [-0.15, -0.1) is 13.2 Å². The lowest BCUT2D eigenvalue weighted by molar-refractivity contribution is -0.148. The highest BCUT2D eigenvalue weighted by molar-refractivity contribution is 5.78. The average molecular weight is 252 g/mol. The Morgan fingerprint density at radius 1 is 1.39 bits per heavy atom. The molecule has 18 heavy (non-hydrogen) atoms. The zero-order valence-corrected chi connectivity index (χ0v) is 11.4. The topological polar surface area (TPSA) is 43.8 Å². The van der Waals surface area contributed by atoms with E-state index in [2.05, 4.69) is 13.2 Å². The lowest BCUT2D eigenvalue weighted by Gasteiger charge is -2.49. The number of nitrogens with zero attached hydrogens (tertiary/aromatic N) is 2. The summed E-state index contributed by atoms with van der Waals surface area (Å²) in [5, 5.41) is 10.1. The fraction of sp³-hybridized carbons (Fsp3) is 0.643. The summed E-state index contributed by atoms with van der Waals surface area (Å²) < 4.78 is 0. The molecular formula is C14H24N2O2. The number of hydrogen-bond acceptors (Lipinski definition) is 3. The number of rotatable bonds is 7. The molecule has 0 atom stereocenters. The van der Waals surface area contributed by atoms with Crippen LogP contribution in [0.3, 0.4) is 0 Å². The molecule has 0 unspecified atom stereocenters. The van der Waals surface area contributed by atoms with Crippen LogP contribution in [0.5, 0.6) is 0 Å². The van der Waals surface area contributed by atoms with Gasteiger partial charge in [-0.3, -0.25) is 9.69 Å². The number of likely N-dealkylation sites (tertiary alicyclic amines) is 1. The van der Waals surface area contributed by atoms with Gasteiger partial charge in [0.1, 0.15) is 0 Å². The number of β-amino-alcohol motifs (C(OH)–C–C–N with tert-alkyl or cyclic N) is 1. The van der Waals surface area contributed by atoms with Gasteiger partial charge in [0.25, 0.3) is 0 Å². The SMILES string of the molecule is C=CCN(CC=C)C(=O)CN1CC(O)(C(C)C)C1. The Balaban J connectivity index is 2.42. The molecule has 1 heterocycles. The van der Waals surface area contributed by atoms with Crippen molar-refractivity contribution in [1.29, 1.82) is 0 Å². The molecule has 1 amide bonds. The Hall–Kier alpha value is -1.13. The minimum Gasteiger partial charge on any atom is -0.387 e. The molecule has 4 nitrogen and oxygen atoms in total. The van der Waals surface area contributed by atoms with Crippen LogP contribution >= 0.6 is 0 Å². The van der Waals surface area contributed by atoms with Gasteiger partial charge in [-0.25, -0.2) is 0 Å². The molecule has 0 radical (unpaired) electrons. The summed E-state index contributed by atoms with van der Waals surface area (Å²) in [5.41, 5.74) is -0.623. The molecule has 0 saturated carbocycles. The van der Waals surface area contributed by atoms with Gasteiger partial charge in [0.15, 0.2) is 0 Å². The van der Waals surface area contributed by atoms with Gasteiger partial charge in [-0.2, -0.15) is 0 Å².